The summed E-state index contributed by atoms with van der Waals surface area (Å²) in [7, 11) is 8.64. The van der Waals surface area contributed by atoms with Gasteiger partial charge in [0, 0.05) is 0 Å². The Hall–Kier alpha value is -2.36. The monoisotopic (exact) mass is 410 g/mol. The van der Waals surface area contributed by atoms with Crippen LogP contribution in [0.2, 0.25) is 0 Å². The van der Waals surface area contributed by atoms with Crippen molar-refractivity contribution < 1.29 is 0 Å². The molecule has 27 heavy (non-hydrogen) atoms. The van der Waals surface area contributed by atoms with Gasteiger partial charge < -0.3 is 0 Å². The van der Waals surface area contributed by atoms with Gasteiger partial charge in [-0.2, -0.15) is 0 Å². The van der Waals surface area contributed by atoms with Crippen molar-refractivity contribution >= 4 is 52.1 Å². The Morgan fingerprint density at radius 3 is 1.44 bits per heavy atom. The molecule has 0 saturated carbocycles. The summed E-state index contributed by atoms with van der Waals surface area (Å²) >= 11 is -2.31. The molecule has 0 N–H and O–H groups in total. The fourth-order valence-corrected chi connectivity index (χ4v) is 12.3. The van der Waals surface area contributed by atoms with Gasteiger partial charge in [0.25, 0.3) is 0 Å². The van der Waals surface area contributed by atoms with Crippen molar-refractivity contribution in [2.45, 2.75) is 0 Å². The molecule has 3 aromatic carbocycles. The second kappa shape index (κ2) is 7.33. The number of anilines is 2. The second-order valence-electron chi connectivity index (χ2n) is 7.52. The summed E-state index contributed by atoms with van der Waals surface area (Å²) in [6, 6.07) is 24.7. The zero-order valence-electron chi connectivity index (χ0n) is 16.5. The third kappa shape index (κ3) is 3.22. The number of fused-ring (bicyclic) bond motifs is 2. The molecule has 1 heterocycles. The van der Waals surface area contributed by atoms with Crippen LogP contribution in [0.4, 0.5) is 11.4 Å². The molecule has 0 unspecified atom stereocenters. The van der Waals surface area contributed by atoms with Crippen LogP contribution in [0.25, 0.3) is 12.2 Å². The van der Waals surface area contributed by atoms with E-state index in [0.29, 0.717) is 0 Å². The molecule has 0 radical (unpaired) electrons. The number of benzene rings is 3. The Morgan fingerprint density at radius 1 is 0.556 bits per heavy atom. The van der Waals surface area contributed by atoms with E-state index in [2.05, 4.69) is 117 Å². The Balaban J connectivity index is 2.09. The molecular formula is C24H25GaN2. The van der Waals surface area contributed by atoms with Crippen LogP contribution in [0, 0.1) is 0 Å². The molecule has 0 fully saturated rings. The van der Waals surface area contributed by atoms with E-state index in [9.17, 15) is 0 Å². The van der Waals surface area contributed by atoms with Gasteiger partial charge in [-0.05, 0) is 0 Å². The molecule has 134 valence electrons. The summed E-state index contributed by atoms with van der Waals surface area (Å²) < 4.78 is 4.64. The molecule has 0 bridgehead atoms. The molecule has 0 amide bonds. The molecule has 1 aliphatic heterocycles. The maximum atomic E-state index is 2.36. The Kier molecular flexibility index (Phi) is 4.90. The van der Waals surface area contributed by atoms with Crippen LogP contribution in [-0.2, 0) is 0 Å². The molecular weight excluding hydrogens is 386 g/mol. The van der Waals surface area contributed by atoms with Crippen molar-refractivity contribution in [2.75, 3.05) is 38.0 Å². The molecule has 0 atom stereocenters. The molecule has 1 aliphatic rings. The van der Waals surface area contributed by atoms with E-state index in [1.807, 2.05) is 0 Å². The van der Waals surface area contributed by atoms with Crippen LogP contribution in [0.5, 0.6) is 0 Å². The van der Waals surface area contributed by atoms with Crippen molar-refractivity contribution in [2.24, 2.45) is 0 Å². The zero-order chi connectivity index (χ0) is 19.0. The van der Waals surface area contributed by atoms with Crippen molar-refractivity contribution in [3.8, 4) is 0 Å². The van der Waals surface area contributed by atoms with E-state index in [1.165, 1.54) is 22.5 Å². The first-order valence-corrected chi connectivity index (χ1v) is 13.0. The molecule has 2 nitrogen and oxygen atoms in total. The predicted octanol–water partition coefficient (Wildman–Crippen LogP) is 2.82. The topological polar surface area (TPSA) is 6.48 Å². The number of nitrogens with zero attached hydrogens (tertiary/aromatic N) is 2. The van der Waals surface area contributed by atoms with E-state index in [4.69, 9.17) is 0 Å². The summed E-state index contributed by atoms with van der Waals surface area (Å²) in [6.45, 7) is 0. The van der Waals surface area contributed by atoms with Crippen molar-refractivity contribution in [1.29, 1.82) is 0 Å². The third-order valence-corrected chi connectivity index (χ3v) is 12.6. The van der Waals surface area contributed by atoms with Crippen LogP contribution >= 0.6 is 0 Å². The minimum absolute atomic E-state index is 1.35. The van der Waals surface area contributed by atoms with E-state index < -0.39 is 16.2 Å². The van der Waals surface area contributed by atoms with Gasteiger partial charge in [-0.1, -0.05) is 0 Å². The van der Waals surface area contributed by atoms with Gasteiger partial charge in [0.05, 0.1) is 0 Å². The molecule has 0 aliphatic carbocycles. The first-order valence-electron chi connectivity index (χ1n) is 9.41. The van der Waals surface area contributed by atoms with Gasteiger partial charge in [0.15, 0.2) is 0 Å². The van der Waals surface area contributed by atoms with E-state index in [0.717, 1.165) is 0 Å². The van der Waals surface area contributed by atoms with E-state index in [1.54, 1.807) is 12.4 Å². The van der Waals surface area contributed by atoms with Crippen molar-refractivity contribution in [1.82, 2.24) is 0 Å². The average molecular weight is 411 g/mol. The van der Waals surface area contributed by atoms with Crippen LogP contribution in [0.15, 0.2) is 66.7 Å². The SMILES string of the molecule is CN(C)c1cccc(N(C)C)[c]1[Ga]1[c]2ccccc2C=Cc2cccc[c]21. The summed E-state index contributed by atoms with van der Waals surface area (Å²) in [5.74, 6) is 0. The van der Waals surface area contributed by atoms with Crippen LogP contribution in [-0.4, -0.2) is 44.4 Å². The Morgan fingerprint density at radius 2 is 1.00 bits per heavy atom. The fraction of sp³-hybridized carbons (Fsp3) is 0.167. The van der Waals surface area contributed by atoms with Gasteiger partial charge >= 0.3 is 168 Å². The van der Waals surface area contributed by atoms with Gasteiger partial charge in [-0.25, -0.2) is 0 Å². The number of hydrogen-bond donors (Lipinski definition) is 0. The fourth-order valence-electron chi connectivity index (χ4n) is 4.13. The Labute approximate surface area is 167 Å². The van der Waals surface area contributed by atoms with Gasteiger partial charge in [0.1, 0.15) is 0 Å². The minimum atomic E-state index is -2.31. The summed E-state index contributed by atoms with van der Waals surface area (Å²) in [4.78, 5) is 4.55. The molecule has 0 spiro atoms. The number of hydrogen-bond acceptors (Lipinski definition) is 2. The summed E-state index contributed by atoms with van der Waals surface area (Å²) in [6.07, 6.45) is 4.60. The molecule has 3 aromatic rings. The van der Waals surface area contributed by atoms with Crippen LogP contribution < -0.4 is 22.2 Å². The molecule has 4 rings (SSSR count). The van der Waals surface area contributed by atoms with Crippen LogP contribution in [0.1, 0.15) is 11.1 Å². The summed E-state index contributed by atoms with van der Waals surface area (Å²) in [5.41, 5.74) is 5.43. The standard InChI is InChI=1S/C14H10.C10H15N2.Ga/c1-3-7-13(8-4-1)11-12-14-9-5-2-6-10-14;1-11(2)9-6-5-7-10(8-9)12(3)4;/h1-7,9,11-12H;5-7H,1-4H3;. The van der Waals surface area contributed by atoms with Gasteiger partial charge in [-0.3, -0.25) is 0 Å². The van der Waals surface area contributed by atoms with Crippen molar-refractivity contribution in [3.05, 3.63) is 77.9 Å². The van der Waals surface area contributed by atoms with Gasteiger partial charge in [0.2, 0.25) is 0 Å². The average Bonchev–Trinajstić information content (AvgIpc) is 2.84. The molecule has 0 aromatic heterocycles. The number of rotatable bonds is 3. The molecule has 0 saturated heterocycles. The maximum absolute atomic E-state index is 2.36. The Bertz CT molecular complexity index is 929. The second-order valence-corrected chi connectivity index (χ2v) is 13.2. The first-order chi connectivity index (χ1) is 13.1. The van der Waals surface area contributed by atoms with E-state index in [-0.39, 0.29) is 0 Å². The van der Waals surface area contributed by atoms with Crippen molar-refractivity contribution in [3.63, 3.8) is 0 Å². The summed E-state index contributed by atoms with van der Waals surface area (Å²) in [5, 5.41) is 0. The first kappa shape index (κ1) is 18.0. The molecule has 3 heteroatoms. The van der Waals surface area contributed by atoms with E-state index >= 15 is 0 Å². The zero-order valence-corrected chi connectivity index (χ0v) is 18.9. The quantitative estimate of drug-likeness (QED) is 0.479. The third-order valence-electron chi connectivity index (χ3n) is 5.37. The predicted molar refractivity (Wildman–Crippen MR) is 122 cm³/mol. The van der Waals surface area contributed by atoms with Crippen LogP contribution in [0.3, 0.4) is 0 Å². The normalized spacial score (nSPS) is 12.2. The van der Waals surface area contributed by atoms with Gasteiger partial charge in [-0.15, -0.1) is 0 Å².